The summed E-state index contributed by atoms with van der Waals surface area (Å²) in [5.41, 5.74) is 1.01. The summed E-state index contributed by atoms with van der Waals surface area (Å²) in [6.07, 6.45) is 0. The quantitative estimate of drug-likeness (QED) is 0.835. The van der Waals surface area contributed by atoms with E-state index in [-0.39, 0.29) is 19.2 Å². The Labute approximate surface area is 108 Å². The lowest BCUT2D eigenvalue weighted by molar-refractivity contribution is -0.154. The van der Waals surface area contributed by atoms with Crippen molar-refractivity contribution >= 4 is 5.97 Å². The van der Waals surface area contributed by atoms with Crippen LogP contribution in [0.15, 0.2) is 18.2 Å². The summed E-state index contributed by atoms with van der Waals surface area (Å²) in [4.78, 5) is 11.6. The standard InChI is InChI=1S/C14H20O4/c1-14(2,3)13(16)18-9-10-5-6-12(17-4)11(7-10)8-15/h5-7,15H,8-9H2,1-4H3. The molecule has 1 aromatic carbocycles. The third kappa shape index (κ3) is 3.74. The van der Waals surface area contributed by atoms with Gasteiger partial charge in [0.2, 0.25) is 0 Å². The van der Waals surface area contributed by atoms with Crippen LogP contribution < -0.4 is 4.74 Å². The Morgan fingerprint density at radius 1 is 1.33 bits per heavy atom. The van der Waals surface area contributed by atoms with Gasteiger partial charge >= 0.3 is 5.97 Å². The number of hydrogen-bond donors (Lipinski definition) is 1. The van der Waals surface area contributed by atoms with Crippen molar-refractivity contribution in [3.63, 3.8) is 0 Å². The summed E-state index contributed by atoms with van der Waals surface area (Å²) in [6, 6.07) is 5.34. The zero-order valence-electron chi connectivity index (χ0n) is 11.3. The molecule has 0 amide bonds. The zero-order valence-corrected chi connectivity index (χ0v) is 11.3. The lowest BCUT2D eigenvalue weighted by Gasteiger charge is -2.17. The molecule has 0 heterocycles. The van der Waals surface area contributed by atoms with Crippen LogP contribution in [0.3, 0.4) is 0 Å². The molecule has 0 aromatic heterocycles. The molecule has 0 bridgehead atoms. The van der Waals surface area contributed by atoms with Crippen molar-refractivity contribution in [3.8, 4) is 5.75 Å². The lowest BCUT2D eigenvalue weighted by atomic mass is 9.97. The maximum Gasteiger partial charge on any atom is 0.311 e. The van der Waals surface area contributed by atoms with Crippen molar-refractivity contribution in [2.24, 2.45) is 5.41 Å². The highest BCUT2D eigenvalue weighted by Crippen LogP contribution is 2.21. The van der Waals surface area contributed by atoms with E-state index >= 15 is 0 Å². The molecule has 0 saturated carbocycles. The summed E-state index contributed by atoms with van der Waals surface area (Å²) < 4.78 is 10.3. The van der Waals surface area contributed by atoms with Crippen LogP contribution in [-0.4, -0.2) is 18.2 Å². The third-order valence-corrected chi connectivity index (χ3v) is 2.50. The fourth-order valence-electron chi connectivity index (χ4n) is 1.41. The molecule has 4 nitrogen and oxygen atoms in total. The number of methoxy groups -OCH3 is 1. The number of aliphatic hydroxyl groups is 1. The van der Waals surface area contributed by atoms with E-state index in [1.54, 1.807) is 19.2 Å². The summed E-state index contributed by atoms with van der Waals surface area (Å²) in [6.45, 7) is 5.52. The molecule has 0 radical (unpaired) electrons. The number of rotatable bonds is 4. The molecule has 0 aliphatic carbocycles. The summed E-state index contributed by atoms with van der Waals surface area (Å²) in [7, 11) is 1.55. The topological polar surface area (TPSA) is 55.8 Å². The second kappa shape index (κ2) is 5.87. The minimum Gasteiger partial charge on any atom is -0.496 e. The zero-order chi connectivity index (χ0) is 13.8. The monoisotopic (exact) mass is 252 g/mol. The number of carbonyl (C=O) groups excluding carboxylic acids is 1. The fourth-order valence-corrected chi connectivity index (χ4v) is 1.41. The Balaban J connectivity index is 2.72. The van der Waals surface area contributed by atoms with Gasteiger partial charge in [0, 0.05) is 5.56 Å². The van der Waals surface area contributed by atoms with Crippen molar-refractivity contribution in [3.05, 3.63) is 29.3 Å². The fraction of sp³-hybridized carbons (Fsp3) is 0.500. The Morgan fingerprint density at radius 2 is 2.00 bits per heavy atom. The number of esters is 1. The molecule has 0 atom stereocenters. The predicted molar refractivity (Wildman–Crippen MR) is 68.2 cm³/mol. The highest BCUT2D eigenvalue weighted by atomic mass is 16.5. The molecule has 1 aromatic rings. The highest BCUT2D eigenvalue weighted by molar-refractivity contribution is 5.75. The van der Waals surface area contributed by atoms with Crippen LogP contribution in [0.2, 0.25) is 0 Å². The molecule has 1 rings (SSSR count). The van der Waals surface area contributed by atoms with Crippen LogP contribution in [0, 0.1) is 5.41 Å². The molecule has 0 aliphatic heterocycles. The second-order valence-electron chi connectivity index (χ2n) is 5.13. The Kier molecular flexibility index (Phi) is 4.73. The van der Waals surface area contributed by atoms with Crippen molar-refractivity contribution in [1.82, 2.24) is 0 Å². The lowest BCUT2D eigenvalue weighted by Crippen LogP contribution is -2.22. The van der Waals surface area contributed by atoms with E-state index in [0.717, 1.165) is 5.56 Å². The summed E-state index contributed by atoms with van der Waals surface area (Å²) in [5.74, 6) is 0.382. The van der Waals surface area contributed by atoms with Gasteiger partial charge in [-0.1, -0.05) is 6.07 Å². The first-order valence-corrected chi connectivity index (χ1v) is 5.82. The van der Waals surface area contributed by atoms with Gasteiger partial charge in [0.05, 0.1) is 19.1 Å². The Hall–Kier alpha value is -1.55. The normalized spacial score (nSPS) is 11.2. The molecule has 4 heteroatoms. The minimum atomic E-state index is -0.508. The molecular formula is C14H20O4. The average molecular weight is 252 g/mol. The van der Waals surface area contributed by atoms with Gasteiger partial charge < -0.3 is 14.6 Å². The number of benzene rings is 1. The van der Waals surface area contributed by atoms with Gasteiger partial charge in [-0.05, 0) is 38.5 Å². The highest BCUT2D eigenvalue weighted by Gasteiger charge is 2.22. The van der Waals surface area contributed by atoms with Crippen LogP contribution in [0.5, 0.6) is 5.75 Å². The molecule has 0 spiro atoms. The van der Waals surface area contributed by atoms with Gasteiger partial charge in [-0.25, -0.2) is 0 Å². The first kappa shape index (κ1) is 14.5. The van der Waals surface area contributed by atoms with Gasteiger partial charge in [0.15, 0.2) is 0 Å². The summed E-state index contributed by atoms with van der Waals surface area (Å²) >= 11 is 0. The van der Waals surface area contributed by atoms with Crippen LogP contribution in [0.1, 0.15) is 31.9 Å². The molecule has 0 fully saturated rings. The molecule has 0 saturated heterocycles. The largest absolute Gasteiger partial charge is 0.496 e. The minimum absolute atomic E-state index is 0.107. The maximum absolute atomic E-state index is 11.6. The molecule has 0 unspecified atom stereocenters. The number of hydrogen-bond acceptors (Lipinski definition) is 4. The van der Waals surface area contributed by atoms with E-state index in [1.807, 2.05) is 26.8 Å². The Bertz CT molecular complexity index is 418. The van der Waals surface area contributed by atoms with Crippen LogP contribution in [0.4, 0.5) is 0 Å². The van der Waals surface area contributed by atoms with Crippen LogP contribution in [-0.2, 0) is 22.7 Å². The Morgan fingerprint density at radius 3 is 2.50 bits per heavy atom. The third-order valence-electron chi connectivity index (χ3n) is 2.50. The van der Waals surface area contributed by atoms with Gasteiger partial charge in [-0.3, -0.25) is 4.79 Å². The maximum atomic E-state index is 11.6. The van der Waals surface area contributed by atoms with Crippen molar-refractivity contribution in [2.75, 3.05) is 7.11 Å². The first-order chi connectivity index (χ1) is 8.38. The first-order valence-electron chi connectivity index (χ1n) is 5.82. The smallest absolute Gasteiger partial charge is 0.311 e. The molecule has 1 N–H and O–H groups in total. The molecule has 100 valence electrons. The van der Waals surface area contributed by atoms with Gasteiger partial charge in [0.1, 0.15) is 12.4 Å². The SMILES string of the molecule is COc1ccc(COC(=O)C(C)(C)C)cc1CO. The van der Waals surface area contributed by atoms with E-state index < -0.39 is 5.41 Å². The predicted octanol–water partition coefficient (Wildman–Crippen LogP) is 2.28. The molecular weight excluding hydrogens is 232 g/mol. The van der Waals surface area contributed by atoms with Crippen molar-refractivity contribution in [1.29, 1.82) is 0 Å². The molecule has 18 heavy (non-hydrogen) atoms. The van der Waals surface area contributed by atoms with Gasteiger partial charge in [-0.2, -0.15) is 0 Å². The van der Waals surface area contributed by atoms with Crippen molar-refractivity contribution in [2.45, 2.75) is 34.0 Å². The van der Waals surface area contributed by atoms with E-state index in [4.69, 9.17) is 9.47 Å². The van der Waals surface area contributed by atoms with Crippen LogP contribution >= 0.6 is 0 Å². The van der Waals surface area contributed by atoms with Crippen molar-refractivity contribution < 1.29 is 19.4 Å². The van der Waals surface area contributed by atoms with E-state index in [0.29, 0.717) is 11.3 Å². The van der Waals surface area contributed by atoms with E-state index in [2.05, 4.69) is 0 Å². The average Bonchev–Trinajstić information content (AvgIpc) is 2.34. The number of aliphatic hydroxyl groups excluding tert-OH is 1. The van der Waals surface area contributed by atoms with E-state index in [1.165, 1.54) is 0 Å². The number of ether oxygens (including phenoxy) is 2. The summed E-state index contributed by atoms with van der Waals surface area (Å²) in [5, 5.41) is 9.19. The number of carbonyl (C=O) groups is 1. The second-order valence-corrected chi connectivity index (χ2v) is 5.13. The van der Waals surface area contributed by atoms with Gasteiger partial charge in [0.25, 0.3) is 0 Å². The van der Waals surface area contributed by atoms with Gasteiger partial charge in [-0.15, -0.1) is 0 Å². The van der Waals surface area contributed by atoms with E-state index in [9.17, 15) is 9.90 Å². The van der Waals surface area contributed by atoms with Crippen LogP contribution in [0.25, 0.3) is 0 Å². The molecule has 0 aliphatic rings.